The first kappa shape index (κ1) is 16.0. The largest absolute Gasteiger partial charge is 0.370 e. The summed E-state index contributed by atoms with van der Waals surface area (Å²) in [7, 11) is 0. The number of nitrogens with one attached hydrogen (secondary N) is 3. The zero-order valence-corrected chi connectivity index (χ0v) is 13.5. The highest BCUT2D eigenvalue weighted by Crippen LogP contribution is 2.20. The van der Waals surface area contributed by atoms with Gasteiger partial charge in [-0.05, 0) is 24.1 Å². The zero-order chi connectivity index (χ0) is 16.9. The second-order valence-corrected chi connectivity index (χ2v) is 5.76. The van der Waals surface area contributed by atoms with Gasteiger partial charge in [-0.25, -0.2) is 4.99 Å². The van der Waals surface area contributed by atoms with Gasteiger partial charge >= 0.3 is 0 Å². The number of amides is 1. The first-order valence-corrected chi connectivity index (χ1v) is 7.88. The molecule has 3 rings (SSSR count). The number of rotatable bonds is 3. The van der Waals surface area contributed by atoms with Crippen LogP contribution in [0.1, 0.15) is 23.6 Å². The van der Waals surface area contributed by atoms with Crippen molar-refractivity contribution in [3.8, 4) is 0 Å². The molecule has 1 amide bonds. The Kier molecular flexibility index (Phi) is 4.77. The second-order valence-electron chi connectivity index (χ2n) is 5.76. The summed E-state index contributed by atoms with van der Waals surface area (Å²) in [6.07, 6.45) is -0.186. The lowest BCUT2D eigenvalue weighted by Gasteiger charge is -2.29. The number of hydrogen-bond acceptors (Lipinski definition) is 3. The van der Waals surface area contributed by atoms with Crippen LogP contribution in [0.4, 0.5) is 5.69 Å². The zero-order valence-electron chi connectivity index (χ0n) is 13.5. The summed E-state index contributed by atoms with van der Waals surface area (Å²) in [5, 5.41) is 9.15. The van der Waals surface area contributed by atoms with E-state index in [0.29, 0.717) is 6.42 Å². The van der Waals surface area contributed by atoms with Gasteiger partial charge in [0.2, 0.25) is 5.91 Å². The third-order valence-electron chi connectivity index (χ3n) is 3.92. The lowest BCUT2D eigenvalue weighted by Crippen LogP contribution is -2.52. The summed E-state index contributed by atoms with van der Waals surface area (Å²) in [4.78, 5) is 16.3. The highest BCUT2D eigenvalue weighted by atomic mass is 16.2. The number of benzene rings is 2. The molecular weight excluding hydrogens is 302 g/mol. The fraction of sp³-hybridized carbons (Fsp3) is 0.222. The number of carbonyl (C=O) groups excluding carboxylic acids is 1. The van der Waals surface area contributed by atoms with Gasteiger partial charge < -0.3 is 16.4 Å². The molecule has 0 aromatic heterocycles. The lowest BCUT2D eigenvalue weighted by atomic mass is 10.0. The van der Waals surface area contributed by atoms with Crippen LogP contribution < -0.4 is 21.7 Å². The predicted octanol–water partition coefficient (Wildman–Crippen LogP) is 1.86. The number of aryl methyl sites for hydroxylation is 1. The van der Waals surface area contributed by atoms with E-state index in [4.69, 9.17) is 5.73 Å². The van der Waals surface area contributed by atoms with Gasteiger partial charge in [0.25, 0.3) is 0 Å². The minimum absolute atomic E-state index is 0.0555. The van der Waals surface area contributed by atoms with Crippen molar-refractivity contribution in [3.63, 3.8) is 0 Å². The van der Waals surface area contributed by atoms with Crippen molar-refractivity contribution in [2.75, 3.05) is 5.32 Å². The molecule has 0 aliphatic carbocycles. The van der Waals surface area contributed by atoms with E-state index >= 15 is 0 Å². The minimum atomic E-state index is -0.562. The maximum Gasteiger partial charge on any atom is 0.224 e. The molecule has 6 nitrogen and oxygen atoms in total. The monoisotopic (exact) mass is 323 g/mol. The minimum Gasteiger partial charge on any atom is -0.370 e. The number of hydrogen-bond donors (Lipinski definition) is 4. The summed E-state index contributed by atoms with van der Waals surface area (Å²) in [6, 6.07) is 17.6. The highest BCUT2D eigenvalue weighted by molar-refractivity contribution is 5.93. The van der Waals surface area contributed by atoms with Crippen molar-refractivity contribution < 1.29 is 4.79 Å². The topological polar surface area (TPSA) is 91.5 Å². The van der Waals surface area contributed by atoms with E-state index in [9.17, 15) is 4.79 Å². The molecule has 6 heteroatoms. The molecule has 0 radical (unpaired) electrons. The first-order chi connectivity index (χ1) is 11.6. The molecule has 0 bridgehead atoms. The fourth-order valence-corrected chi connectivity index (χ4v) is 2.68. The van der Waals surface area contributed by atoms with Crippen LogP contribution in [0.3, 0.4) is 0 Å². The Bertz CT molecular complexity index is 744. The van der Waals surface area contributed by atoms with Crippen molar-refractivity contribution in [2.45, 2.75) is 25.7 Å². The molecule has 5 N–H and O–H groups in total. The van der Waals surface area contributed by atoms with Crippen molar-refractivity contribution in [1.82, 2.24) is 10.6 Å². The molecule has 1 aliphatic heterocycles. The van der Waals surface area contributed by atoms with Crippen LogP contribution >= 0.6 is 0 Å². The Morgan fingerprint density at radius 1 is 1.17 bits per heavy atom. The Morgan fingerprint density at radius 3 is 2.62 bits per heavy atom. The molecule has 1 fully saturated rings. The maximum atomic E-state index is 12.0. The molecule has 1 heterocycles. The van der Waals surface area contributed by atoms with E-state index in [1.54, 1.807) is 0 Å². The molecule has 0 spiro atoms. The Labute approximate surface area is 141 Å². The van der Waals surface area contributed by atoms with Gasteiger partial charge in [0.1, 0.15) is 0 Å². The smallest absolute Gasteiger partial charge is 0.224 e. The number of para-hydroxylation sites is 1. The van der Waals surface area contributed by atoms with Crippen LogP contribution in [-0.2, 0) is 4.79 Å². The van der Waals surface area contributed by atoms with Gasteiger partial charge in [0, 0.05) is 18.2 Å². The maximum absolute atomic E-state index is 12.0. The van der Waals surface area contributed by atoms with Gasteiger partial charge in [-0.3, -0.25) is 10.1 Å². The number of aliphatic imine (C=N–C) groups is 1. The average molecular weight is 323 g/mol. The summed E-state index contributed by atoms with van der Waals surface area (Å²) >= 11 is 0. The van der Waals surface area contributed by atoms with Crippen LogP contribution in [-0.4, -0.2) is 18.2 Å². The highest BCUT2D eigenvalue weighted by Gasteiger charge is 2.26. The third-order valence-corrected chi connectivity index (χ3v) is 3.92. The molecule has 24 heavy (non-hydrogen) atoms. The molecule has 2 unspecified atom stereocenters. The van der Waals surface area contributed by atoms with Gasteiger partial charge in [-0.2, -0.15) is 0 Å². The molecular formula is C18H21N5O. The summed E-state index contributed by atoms with van der Waals surface area (Å²) in [6.45, 7) is 1.99. The summed E-state index contributed by atoms with van der Waals surface area (Å²) in [5.74, 6) is 0.191. The molecule has 1 saturated heterocycles. The van der Waals surface area contributed by atoms with Gasteiger partial charge in [0.15, 0.2) is 12.2 Å². The van der Waals surface area contributed by atoms with E-state index in [1.807, 2.05) is 61.5 Å². The van der Waals surface area contributed by atoms with Crippen molar-refractivity contribution in [3.05, 3.63) is 65.7 Å². The Balaban J connectivity index is 1.71. The molecule has 0 saturated carbocycles. The van der Waals surface area contributed by atoms with E-state index in [-0.39, 0.29) is 17.9 Å². The van der Waals surface area contributed by atoms with Crippen LogP contribution in [0.2, 0.25) is 0 Å². The fourth-order valence-electron chi connectivity index (χ4n) is 2.68. The number of nitrogens with two attached hydrogens (primary N) is 1. The van der Waals surface area contributed by atoms with Crippen molar-refractivity contribution in [1.29, 1.82) is 0 Å². The van der Waals surface area contributed by atoms with E-state index in [0.717, 1.165) is 16.8 Å². The number of nitrogens with zero attached hydrogens (tertiary/aromatic N) is 1. The van der Waals surface area contributed by atoms with Crippen molar-refractivity contribution >= 4 is 17.6 Å². The number of carbonyl (C=O) groups is 1. The Morgan fingerprint density at radius 2 is 1.88 bits per heavy atom. The van der Waals surface area contributed by atoms with E-state index in [1.165, 1.54) is 0 Å². The number of anilines is 1. The van der Waals surface area contributed by atoms with Crippen LogP contribution in [0.5, 0.6) is 0 Å². The van der Waals surface area contributed by atoms with Gasteiger partial charge in [0.05, 0.1) is 0 Å². The molecule has 2 aromatic rings. The molecule has 124 valence electrons. The van der Waals surface area contributed by atoms with Crippen molar-refractivity contribution in [2.24, 2.45) is 10.7 Å². The predicted molar refractivity (Wildman–Crippen MR) is 95.3 cm³/mol. The van der Waals surface area contributed by atoms with Gasteiger partial charge in [-0.1, -0.05) is 48.5 Å². The summed E-state index contributed by atoms with van der Waals surface area (Å²) < 4.78 is 0. The quantitative estimate of drug-likeness (QED) is 0.512. The van der Waals surface area contributed by atoms with Crippen LogP contribution in [0, 0.1) is 6.92 Å². The Hall–Kier alpha value is -2.86. The third kappa shape index (κ3) is 3.91. The van der Waals surface area contributed by atoms with Crippen LogP contribution in [0.15, 0.2) is 59.6 Å². The standard InChI is InChI=1S/C18H21N5O/c1-12-7-5-6-10-14(12)20-17(19)23-18-21-15(11-16(24)22-18)13-8-3-2-4-9-13/h2-10,15,18,21H,11H2,1H3,(H,22,24)(H3,19,20,23). The SMILES string of the molecule is Cc1ccccc1N/C(N)=N/C1NC(=O)CC(c2ccccc2)N1. The van der Waals surface area contributed by atoms with E-state index < -0.39 is 6.29 Å². The average Bonchev–Trinajstić information content (AvgIpc) is 2.57. The van der Waals surface area contributed by atoms with E-state index in [2.05, 4.69) is 20.9 Å². The second kappa shape index (κ2) is 7.14. The molecule has 1 aliphatic rings. The van der Waals surface area contributed by atoms with Gasteiger partial charge in [-0.15, -0.1) is 0 Å². The van der Waals surface area contributed by atoms with Crippen LogP contribution in [0.25, 0.3) is 0 Å². The first-order valence-electron chi connectivity index (χ1n) is 7.88. The molecule has 2 atom stereocenters. The normalized spacial score (nSPS) is 21.2. The lowest BCUT2D eigenvalue weighted by molar-refractivity contribution is -0.124. The molecule has 2 aromatic carbocycles. The number of guanidine groups is 1. The summed E-state index contributed by atoms with van der Waals surface area (Å²) in [5.41, 5.74) is 8.99.